The summed E-state index contributed by atoms with van der Waals surface area (Å²) in [6, 6.07) is 9.60. The van der Waals surface area contributed by atoms with Crippen LogP contribution in [0.15, 0.2) is 36.4 Å². The van der Waals surface area contributed by atoms with E-state index in [1.165, 1.54) is 0 Å². The molecule has 0 bridgehead atoms. The van der Waals surface area contributed by atoms with Gasteiger partial charge in [-0.15, -0.1) is 0 Å². The van der Waals surface area contributed by atoms with Crippen LogP contribution in [0.3, 0.4) is 0 Å². The minimum absolute atomic E-state index is 0.116. The summed E-state index contributed by atoms with van der Waals surface area (Å²) in [5.74, 6) is -0.232. The molecule has 2 aromatic carbocycles. The highest BCUT2D eigenvalue weighted by atomic mass is 35.5. The molecule has 0 aromatic heterocycles. The van der Waals surface area contributed by atoms with Crippen LogP contribution < -0.4 is 11.5 Å². The van der Waals surface area contributed by atoms with E-state index in [1.54, 1.807) is 36.4 Å². The van der Waals surface area contributed by atoms with Crippen LogP contribution in [0.1, 0.15) is 11.1 Å². The summed E-state index contributed by atoms with van der Waals surface area (Å²) in [5.41, 5.74) is 13.2. The van der Waals surface area contributed by atoms with E-state index in [0.717, 1.165) is 0 Å². The van der Waals surface area contributed by atoms with Crippen molar-refractivity contribution in [2.24, 2.45) is 0 Å². The fraction of sp³-hybridized carbons (Fsp3) is 0.143. The summed E-state index contributed by atoms with van der Waals surface area (Å²) in [6.07, 6.45) is 0. The molecule has 0 unspecified atom stereocenters. The van der Waals surface area contributed by atoms with Gasteiger partial charge >= 0.3 is 0 Å². The largest absolute Gasteiger partial charge is 0.398 e. The molecule has 2 aromatic rings. The average Bonchev–Trinajstić information content (AvgIpc) is 2.37. The van der Waals surface area contributed by atoms with E-state index in [9.17, 15) is 8.42 Å². The Morgan fingerprint density at radius 1 is 0.810 bits per heavy atom. The lowest BCUT2D eigenvalue weighted by atomic mass is 10.2. The molecule has 0 spiro atoms. The van der Waals surface area contributed by atoms with Gasteiger partial charge in [-0.1, -0.05) is 35.3 Å². The Morgan fingerprint density at radius 2 is 1.19 bits per heavy atom. The molecule has 21 heavy (non-hydrogen) atoms. The molecule has 0 heterocycles. The Morgan fingerprint density at radius 3 is 1.52 bits per heavy atom. The number of nitrogen functional groups attached to an aromatic ring is 2. The maximum Gasteiger partial charge on any atom is 0.158 e. The molecule has 7 heteroatoms. The fourth-order valence-corrected chi connectivity index (χ4v) is 3.76. The number of rotatable bonds is 4. The number of nitrogens with two attached hydrogens (primary N) is 2. The quantitative estimate of drug-likeness (QED) is 0.833. The third-order valence-corrected chi connectivity index (χ3v) is 5.10. The summed E-state index contributed by atoms with van der Waals surface area (Å²) >= 11 is 11.8. The van der Waals surface area contributed by atoms with E-state index in [0.29, 0.717) is 32.5 Å². The fourth-order valence-electron chi connectivity index (χ4n) is 1.88. The van der Waals surface area contributed by atoms with Crippen LogP contribution >= 0.6 is 23.2 Å². The monoisotopic (exact) mass is 344 g/mol. The standard InChI is InChI=1S/C14H14Cl2N2O2S/c15-11-5-9(1-3-13(11)17)7-21(19,20)8-10-2-4-14(18)12(16)6-10/h1-6H,7-8,17-18H2. The molecule has 0 aliphatic rings. The predicted octanol–water partition coefficient (Wildman–Crippen LogP) is 3.27. The molecule has 112 valence electrons. The zero-order valence-electron chi connectivity index (χ0n) is 11.0. The summed E-state index contributed by atoms with van der Waals surface area (Å²) in [4.78, 5) is 0. The smallest absolute Gasteiger partial charge is 0.158 e. The molecule has 0 aliphatic heterocycles. The second-order valence-corrected chi connectivity index (χ2v) is 7.62. The Kier molecular flexibility index (Phi) is 4.66. The lowest BCUT2D eigenvalue weighted by molar-refractivity contribution is 0.594. The highest BCUT2D eigenvalue weighted by Gasteiger charge is 2.14. The van der Waals surface area contributed by atoms with E-state index in [2.05, 4.69) is 0 Å². The van der Waals surface area contributed by atoms with Crippen molar-refractivity contribution < 1.29 is 8.42 Å². The van der Waals surface area contributed by atoms with Crippen molar-refractivity contribution in [2.45, 2.75) is 11.5 Å². The Labute approximate surface area is 133 Å². The topological polar surface area (TPSA) is 86.2 Å². The van der Waals surface area contributed by atoms with Gasteiger partial charge in [0.25, 0.3) is 0 Å². The van der Waals surface area contributed by atoms with Crippen molar-refractivity contribution in [3.8, 4) is 0 Å². The first-order valence-electron chi connectivity index (χ1n) is 6.05. The first kappa shape index (κ1) is 15.9. The first-order valence-corrected chi connectivity index (χ1v) is 8.63. The molecule has 0 saturated heterocycles. The van der Waals surface area contributed by atoms with Crippen LogP contribution in [0.25, 0.3) is 0 Å². The Bertz CT molecular complexity index is 717. The van der Waals surface area contributed by atoms with Gasteiger partial charge < -0.3 is 11.5 Å². The van der Waals surface area contributed by atoms with E-state index in [1.807, 2.05) is 0 Å². The lowest BCUT2D eigenvalue weighted by Crippen LogP contribution is -2.08. The van der Waals surface area contributed by atoms with Gasteiger partial charge in [0.2, 0.25) is 0 Å². The number of hydrogen-bond donors (Lipinski definition) is 2. The molecular formula is C14H14Cl2N2O2S. The van der Waals surface area contributed by atoms with Gasteiger partial charge in [-0.3, -0.25) is 0 Å². The van der Waals surface area contributed by atoms with Gasteiger partial charge in [-0.2, -0.15) is 0 Å². The highest BCUT2D eigenvalue weighted by Crippen LogP contribution is 2.24. The number of benzene rings is 2. The van der Waals surface area contributed by atoms with Gasteiger partial charge in [0, 0.05) is 0 Å². The van der Waals surface area contributed by atoms with Crippen LogP contribution in [-0.4, -0.2) is 8.42 Å². The summed E-state index contributed by atoms with van der Waals surface area (Å²) in [7, 11) is -3.35. The molecule has 4 nitrogen and oxygen atoms in total. The molecule has 0 amide bonds. The zero-order valence-corrected chi connectivity index (χ0v) is 13.3. The number of hydrogen-bond acceptors (Lipinski definition) is 4. The number of anilines is 2. The molecule has 0 saturated carbocycles. The molecule has 0 fully saturated rings. The molecule has 0 aliphatic carbocycles. The average molecular weight is 345 g/mol. The van der Waals surface area contributed by atoms with Crippen molar-refractivity contribution in [2.75, 3.05) is 11.5 Å². The maximum atomic E-state index is 12.2. The van der Waals surface area contributed by atoms with Crippen molar-refractivity contribution in [1.82, 2.24) is 0 Å². The summed E-state index contributed by atoms with van der Waals surface area (Å²) < 4.78 is 24.4. The summed E-state index contributed by atoms with van der Waals surface area (Å²) in [6.45, 7) is 0. The second kappa shape index (κ2) is 6.13. The predicted molar refractivity (Wildman–Crippen MR) is 88.1 cm³/mol. The molecule has 2 rings (SSSR count). The van der Waals surface area contributed by atoms with Gasteiger partial charge in [0.15, 0.2) is 9.84 Å². The number of sulfone groups is 1. The first-order chi connectivity index (χ1) is 9.77. The molecular weight excluding hydrogens is 331 g/mol. The van der Waals surface area contributed by atoms with Crippen LogP contribution in [0, 0.1) is 0 Å². The van der Waals surface area contributed by atoms with Gasteiger partial charge in [0.05, 0.1) is 32.9 Å². The van der Waals surface area contributed by atoms with Crippen molar-refractivity contribution >= 4 is 44.4 Å². The maximum absolute atomic E-state index is 12.2. The zero-order chi connectivity index (χ0) is 15.6. The van der Waals surface area contributed by atoms with E-state index < -0.39 is 9.84 Å². The van der Waals surface area contributed by atoms with Crippen molar-refractivity contribution in [3.63, 3.8) is 0 Å². The Balaban J connectivity index is 2.18. The third-order valence-electron chi connectivity index (χ3n) is 2.90. The lowest BCUT2D eigenvalue weighted by Gasteiger charge is -2.07. The molecule has 0 atom stereocenters. The van der Waals surface area contributed by atoms with E-state index in [4.69, 9.17) is 34.7 Å². The van der Waals surface area contributed by atoms with E-state index in [-0.39, 0.29) is 11.5 Å². The molecule has 0 radical (unpaired) electrons. The van der Waals surface area contributed by atoms with Crippen LogP contribution in [0.5, 0.6) is 0 Å². The highest BCUT2D eigenvalue weighted by molar-refractivity contribution is 7.89. The minimum Gasteiger partial charge on any atom is -0.398 e. The second-order valence-electron chi connectivity index (χ2n) is 4.74. The van der Waals surface area contributed by atoms with Crippen LogP contribution in [-0.2, 0) is 21.3 Å². The van der Waals surface area contributed by atoms with Gasteiger partial charge in [-0.25, -0.2) is 8.42 Å². The SMILES string of the molecule is Nc1ccc(CS(=O)(=O)Cc2ccc(N)c(Cl)c2)cc1Cl. The number of halogens is 2. The van der Waals surface area contributed by atoms with Crippen molar-refractivity contribution in [3.05, 3.63) is 57.6 Å². The molecule has 4 N–H and O–H groups in total. The van der Waals surface area contributed by atoms with E-state index >= 15 is 0 Å². The minimum atomic E-state index is -3.35. The summed E-state index contributed by atoms with van der Waals surface area (Å²) in [5, 5.41) is 0.691. The third kappa shape index (κ3) is 4.27. The van der Waals surface area contributed by atoms with Crippen LogP contribution in [0.4, 0.5) is 11.4 Å². The Hall–Kier alpha value is -1.43. The van der Waals surface area contributed by atoms with Crippen LogP contribution in [0.2, 0.25) is 10.0 Å². The van der Waals surface area contributed by atoms with Gasteiger partial charge in [-0.05, 0) is 35.4 Å². The van der Waals surface area contributed by atoms with Crippen molar-refractivity contribution in [1.29, 1.82) is 0 Å². The van der Waals surface area contributed by atoms with Gasteiger partial charge in [0.1, 0.15) is 0 Å². The normalized spacial score (nSPS) is 11.5.